The Kier molecular flexibility index (Phi) is 3.26. The molecule has 0 radical (unpaired) electrons. The molecule has 0 aromatic heterocycles. The molecule has 2 aliphatic rings. The fraction of sp³-hybridized carbons (Fsp3) is 0.909. The predicted octanol–water partition coefficient (Wildman–Crippen LogP) is 0.395. The molecule has 4 heteroatoms. The zero-order valence-electron chi connectivity index (χ0n) is 9.19. The van der Waals surface area contributed by atoms with E-state index < -0.39 is 0 Å². The average molecular weight is 213 g/mol. The Morgan fingerprint density at radius 3 is 2.87 bits per heavy atom. The first-order chi connectivity index (χ1) is 7.20. The third-order valence-corrected chi connectivity index (χ3v) is 3.19. The zero-order chi connectivity index (χ0) is 10.8. The largest absolute Gasteiger partial charge is 0.394 e. The first-order valence-electron chi connectivity index (χ1n) is 5.72. The third-order valence-electron chi connectivity index (χ3n) is 3.19. The molecule has 1 aliphatic heterocycles. The van der Waals surface area contributed by atoms with Gasteiger partial charge in [0, 0.05) is 13.0 Å². The van der Waals surface area contributed by atoms with E-state index in [4.69, 9.17) is 9.84 Å². The Bertz CT molecular complexity index is 240. The lowest BCUT2D eigenvalue weighted by Gasteiger charge is -2.37. The first-order valence-corrected chi connectivity index (χ1v) is 5.72. The molecule has 0 aromatic carbocycles. The molecule has 1 amide bonds. The normalized spacial score (nSPS) is 31.7. The van der Waals surface area contributed by atoms with Crippen LogP contribution in [-0.2, 0) is 9.53 Å². The monoisotopic (exact) mass is 213 g/mol. The number of rotatable bonds is 3. The molecule has 2 atom stereocenters. The van der Waals surface area contributed by atoms with Gasteiger partial charge in [-0.05, 0) is 25.7 Å². The van der Waals surface area contributed by atoms with E-state index in [0.717, 1.165) is 0 Å². The zero-order valence-corrected chi connectivity index (χ0v) is 9.19. The molecule has 86 valence electrons. The smallest absolute Gasteiger partial charge is 0.223 e. The van der Waals surface area contributed by atoms with Crippen molar-refractivity contribution in [1.82, 2.24) is 4.90 Å². The highest BCUT2D eigenvalue weighted by atomic mass is 16.5. The molecular formula is C11H19NO3. The third kappa shape index (κ3) is 2.69. The Hall–Kier alpha value is -0.610. The van der Waals surface area contributed by atoms with Crippen LogP contribution < -0.4 is 0 Å². The van der Waals surface area contributed by atoms with Gasteiger partial charge >= 0.3 is 0 Å². The number of aliphatic hydroxyl groups excluding tert-OH is 1. The molecule has 1 saturated heterocycles. The van der Waals surface area contributed by atoms with Crippen LogP contribution in [0.2, 0.25) is 0 Å². The molecule has 2 rings (SSSR count). The van der Waals surface area contributed by atoms with Crippen LogP contribution >= 0.6 is 0 Å². The molecule has 1 aliphatic carbocycles. The highest BCUT2D eigenvalue weighted by Crippen LogP contribution is 2.33. The number of hydrogen-bond donors (Lipinski definition) is 1. The van der Waals surface area contributed by atoms with Crippen LogP contribution in [0.25, 0.3) is 0 Å². The minimum atomic E-state index is -0.190. The van der Waals surface area contributed by atoms with Crippen LogP contribution in [0.3, 0.4) is 0 Å². The first kappa shape index (κ1) is 10.9. The summed E-state index contributed by atoms with van der Waals surface area (Å²) in [5.41, 5.74) is 0. The lowest BCUT2D eigenvalue weighted by molar-refractivity contribution is -0.146. The van der Waals surface area contributed by atoms with Crippen molar-refractivity contribution in [3.05, 3.63) is 0 Å². The fourth-order valence-corrected chi connectivity index (χ4v) is 1.96. The van der Waals surface area contributed by atoms with Gasteiger partial charge < -0.3 is 14.7 Å². The van der Waals surface area contributed by atoms with E-state index in [9.17, 15) is 4.79 Å². The molecule has 1 N–H and O–H groups in total. The Morgan fingerprint density at radius 2 is 2.27 bits per heavy atom. The van der Waals surface area contributed by atoms with Crippen molar-refractivity contribution in [1.29, 1.82) is 0 Å². The maximum absolute atomic E-state index is 11.9. The number of hydrogen-bond acceptors (Lipinski definition) is 3. The lowest BCUT2D eigenvalue weighted by atomic mass is 10.1. The second-order valence-corrected chi connectivity index (χ2v) is 4.68. The number of morpholine rings is 1. The number of ether oxygens (including phenoxy) is 1. The van der Waals surface area contributed by atoms with E-state index in [1.807, 2.05) is 11.8 Å². The Morgan fingerprint density at radius 1 is 1.53 bits per heavy atom. The molecule has 4 nitrogen and oxygen atoms in total. The lowest BCUT2D eigenvalue weighted by Crippen LogP contribution is -2.52. The second-order valence-electron chi connectivity index (χ2n) is 4.68. The van der Waals surface area contributed by atoms with Crippen molar-refractivity contribution in [2.24, 2.45) is 5.92 Å². The van der Waals surface area contributed by atoms with Crippen molar-refractivity contribution in [2.45, 2.75) is 38.3 Å². The van der Waals surface area contributed by atoms with Crippen molar-refractivity contribution >= 4 is 5.91 Å². The summed E-state index contributed by atoms with van der Waals surface area (Å²) in [5, 5.41) is 9.01. The minimum Gasteiger partial charge on any atom is -0.394 e. The summed E-state index contributed by atoms with van der Waals surface area (Å²) in [5.74, 6) is 0.854. The number of aliphatic hydroxyl groups is 1. The van der Waals surface area contributed by atoms with E-state index in [1.54, 1.807) is 0 Å². The molecule has 1 heterocycles. The number of amides is 1. The van der Waals surface area contributed by atoms with E-state index >= 15 is 0 Å². The summed E-state index contributed by atoms with van der Waals surface area (Å²) in [6, 6.07) is 0.152. The van der Waals surface area contributed by atoms with E-state index in [2.05, 4.69) is 0 Å². The van der Waals surface area contributed by atoms with Crippen molar-refractivity contribution in [2.75, 3.05) is 19.8 Å². The van der Waals surface area contributed by atoms with E-state index in [-0.39, 0.29) is 24.7 Å². The summed E-state index contributed by atoms with van der Waals surface area (Å²) in [4.78, 5) is 13.8. The van der Waals surface area contributed by atoms with Gasteiger partial charge in [0.1, 0.15) is 0 Å². The summed E-state index contributed by atoms with van der Waals surface area (Å²) in [6.45, 7) is 3.09. The van der Waals surface area contributed by atoms with Gasteiger partial charge in [-0.15, -0.1) is 0 Å². The maximum Gasteiger partial charge on any atom is 0.223 e. The van der Waals surface area contributed by atoms with Crippen molar-refractivity contribution in [3.63, 3.8) is 0 Å². The van der Waals surface area contributed by atoms with Gasteiger partial charge in [0.05, 0.1) is 25.4 Å². The van der Waals surface area contributed by atoms with Crippen molar-refractivity contribution < 1.29 is 14.6 Å². The maximum atomic E-state index is 11.9. The van der Waals surface area contributed by atoms with Crippen LogP contribution in [0.4, 0.5) is 0 Å². The molecule has 2 unspecified atom stereocenters. The van der Waals surface area contributed by atoms with Gasteiger partial charge in [0.25, 0.3) is 0 Å². The molecule has 0 aromatic rings. The van der Waals surface area contributed by atoms with Crippen LogP contribution in [0.5, 0.6) is 0 Å². The molecule has 0 spiro atoms. The van der Waals surface area contributed by atoms with Crippen molar-refractivity contribution in [3.8, 4) is 0 Å². The highest BCUT2D eigenvalue weighted by Gasteiger charge is 2.32. The van der Waals surface area contributed by atoms with E-state index in [0.29, 0.717) is 25.5 Å². The van der Waals surface area contributed by atoms with Gasteiger partial charge in [-0.1, -0.05) is 0 Å². The molecule has 1 saturated carbocycles. The molecule has 2 fully saturated rings. The van der Waals surface area contributed by atoms with Gasteiger partial charge in [0.2, 0.25) is 5.91 Å². The van der Waals surface area contributed by atoms with Crippen LogP contribution in [0.1, 0.15) is 26.2 Å². The topological polar surface area (TPSA) is 49.8 Å². The predicted molar refractivity (Wildman–Crippen MR) is 55.3 cm³/mol. The number of nitrogens with zero attached hydrogens (tertiary/aromatic N) is 1. The SMILES string of the molecule is CC1COC(CO)CN1C(=O)CC1CC1. The summed E-state index contributed by atoms with van der Waals surface area (Å²) < 4.78 is 5.40. The second kappa shape index (κ2) is 4.49. The number of carbonyl (C=O) groups is 1. The highest BCUT2D eigenvalue weighted by molar-refractivity contribution is 5.77. The quantitative estimate of drug-likeness (QED) is 0.738. The summed E-state index contributed by atoms with van der Waals surface area (Å²) in [6.07, 6.45) is 2.90. The summed E-state index contributed by atoms with van der Waals surface area (Å²) in [7, 11) is 0. The minimum absolute atomic E-state index is 0.0000709. The molecule has 15 heavy (non-hydrogen) atoms. The van der Waals surface area contributed by atoms with Gasteiger partial charge in [-0.2, -0.15) is 0 Å². The molecule has 0 bridgehead atoms. The van der Waals surface area contributed by atoms with Crippen LogP contribution in [0.15, 0.2) is 0 Å². The van der Waals surface area contributed by atoms with Gasteiger partial charge in [-0.25, -0.2) is 0 Å². The van der Waals surface area contributed by atoms with Crippen LogP contribution in [0, 0.1) is 5.92 Å². The van der Waals surface area contributed by atoms with E-state index in [1.165, 1.54) is 12.8 Å². The van der Waals surface area contributed by atoms with Crippen LogP contribution in [-0.4, -0.2) is 47.8 Å². The average Bonchev–Trinajstić information content (AvgIpc) is 3.02. The Labute approximate surface area is 90.2 Å². The van der Waals surface area contributed by atoms with Gasteiger partial charge in [0.15, 0.2) is 0 Å². The molecular weight excluding hydrogens is 194 g/mol. The summed E-state index contributed by atoms with van der Waals surface area (Å²) >= 11 is 0. The Balaban J connectivity index is 1.88. The standard InChI is InChI=1S/C11H19NO3/c1-8-7-15-10(6-13)5-12(8)11(14)4-9-2-3-9/h8-10,13H,2-7H2,1H3. The number of carbonyl (C=O) groups excluding carboxylic acids is 1. The fourth-order valence-electron chi connectivity index (χ4n) is 1.96. The van der Waals surface area contributed by atoms with Gasteiger partial charge in [-0.3, -0.25) is 4.79 Å².